The Morgan fingerprint density at radius 3 is 2.37 bits per heavy atom. The Morgan fingerprint density at radius 1 is 1.02 bits per heavy atom. The number of aryl methyl sites for hydroxylation is 2. The maximum absolute atomic E-state index is 16.0. The van der Waals surface area contributed by atoms with E-state index < -0.39 is 57.8 Å². The van der Waals surface area contributed by atoms with Crippen LogP contribution in [-0.4, -0.2) is 15.0 Å². The number of halogens is 6. The molecule has 0 spiro atoms. The molecule has 0 bridgehead atoms. The first-order valence-corrected chi connectivity index (χ1v) is 12.9. The Morgan fingerprint density at radius 2 is 1.76 bits per heavy atom. The van der Waals surface area contributed by atoms with E-state index in [9.17, 15) is 26.7 Å². The standard InChI is InChI=1S/C30H26F6N4O/c1-16-11-19(5-8-25(16)32)27(18-3-4-18)38-28(41)23-13-17(15-40-10-9-39(2)29(40)37)12-22(26(23)33)21-7-6-20(31)14-24(21)30(34,35)36/h5-14,18,27,37H,3-4,15H2,1-2H3,(H,38,41). The second-order valence-electron chi connectivity index (χ2n) is 10.4. The third-order valence-corrected chi connectivity index (χ3v) is 7.30. The minimum absolute atomic E-state index is 0.0363. The summed E-state index contributed by atoms with van der Waals surface area (Å²) in [6.45, 7) is 1.54. The van der Waals surface area contributed by atoms with Crippen molar-refractivity contribution in [2.45, 2.75) is 38.5 Å². The third kappa shape index (κ3) is 5.79. The molecular formula is C30H26F6N4O. The van der Waals surface area contributed by atoms with Crippen LogP contribution in [0, 0.1) is 35.7 Å². The molecule has 0 aliphatic heterocycles. The number of nitrogens with one attached hydrogen (secondary N) is 2. The highest BCUT2D eigenvalue weighted by Gasteiger charge is 2.37. The Balaban J connectivity index is 1.62. The van der Waals surface area contributed by atoms with Crippen molar-refractivity contribution >= 4 is 5.91 Å². The number of imidazole rings is 1. The van der Waals surface area contributed by atoms with Crippen LogP contribution in [0.2, 0.25) is 0 Å². The van der Waals surface area contributed by atoms with E-state index in [1.807, 2.05) is 0 Å². The van der Waals surface area contributed by atoms with Gasteiger partial charge in [-0.2, -0.15) is 13.2 Å². The molecule has 5 nitrogen and oxygen atoms in total. The number of nitrogens with zero attached hydrogens (tertiary/aromatic N) is 2. The Hall–Kier alpha value is -4.28. The molecule has 4 aromatic rings. The highest BCUT2D eigenvalue weighted by molar-refractivity contribution is 5.96. The summed E-state index contributed by atoms with van der Waals surface area (Å²) < 4.78 is 88.5. The van der Waals surface area contributed by atoms with E-state index in [2.05, 4.69) is 5.32 Å². The van der Waals surface area contributed by atoms with Crippen molar-refractivity contribution in [3.05, 3.63) is 112 Å². The lowest BCUT2D eigenvalue weighted by Crippen LogP contribution is -2.31. The van der Waals surface area contributed by atoms with Crippen LogP contribution in [-0.2, 0) is 19.8 Å². The van der Waals surface area contributed by atoms with Crippen molar-refractivity contribution in [3.63, 3.8) is 0 Å². The molecular weight excluding hydrogens is 546 g/mol. The smallest absolute Gasteiger partial charge is 0.345 e. The zero-order valence-electron chi connectivity index (χ0n) is 22.1. The first kappa shape index (κ1) is 28.3. The monoisotopic (exact) mass is 572 g/mol. The number of aromatic nitrogens is 2. The molecule has 3 aromatic carbocycles. The molecule has 41 heavy (non-hydrogen) atoms. The average Bonchev–Trinajstić information content (AvgIpc) is 3.71. The molecule has 1 fully saturated rings. The number of benzene rings is 3. The predicted octanol–water partition coefficient (Wildman–Crippen LogP) is 6.65. The molecule has 0 saturated heterocycles. The lowest BCUT2D eigenvalue weighted by Gasteiger charge is -2.21. The fraction of sp³-hybridized carbons (Fsp3) is 0.267. The first-order valence-electron chi connectivity index (χ1n) is 12.9. The highest BCUT2D eigenvalue weighted by Crippen LogP contribution is 2.42. The van der Waals surface area contributed by atoms with Crippen molar-refractivity contribution in [1.82, 2.24) is 14.5 Å². The molecule has 1 heterocycles. The summed E-state index contributed by atoms with van der Waals surface area (Å²) in [6, 6.07) is 8.20. The van der Waals surface area contributed by atoms with Gasteiger partial charge in [0.15, 0.2) is 0 Å². The fourth-order valence-corrected chi connectivity index (χ4v) is 4.95. The lowest BCUT2D eigenvalue weighted by atomic mass is 9.93. The maximum atomic E-state index is 16.0. The highest BCUT2D eigenvalue weighted by atomic mass is 19.4. The molecule has 214 valence electrons. The summed E-state index contributed by atoms with van der Waals surface area (Å²) in [5.41, 5.74) is -1.69. The van der Waals surface area contributed by atoms with Gasteiger partial charge in [0.05, 0.1) is 23.7 Å². The van der Waals surface area contributed by atoms with E-state index in [0.717, 1.165) is 25.0 Å². The Kier molecular flexibility index (Phi) is 7.31. The molecule has 11 heteroatoms. The predicted molar refractivity (Wildman–Crippen MR) is 139 cm³/mol. The van der Waals surface area contributed by atoms with E-state index in [0.29, 0.717) is 11.1 Å². The van der Waals surface area contributed by atoms with Gasteiger partial charge in [0.1, 0.15) is 17.5 Å². The molecule has 1 amide bonds. The molecule has 5 rings (SSSR count). The van der Waals surface area contributed by atoms with Gasteiger partial charge in [0.2, 0.25) is 5.62 Å². The number of hydrogen-bond donors (Lipinski definition) is 2. The van der Waals surface area contributed by atoms with Crippen molar-refractivity contribution in [2.24, 2.45) is 13.0 Å². The normalized spacial score (nSPS) is 14.2. The molecule has 0 radical (unpaired) electrons. The van der Waals surface area contributed by atoms with Gasteiger partial charge in [-0.15, -0.1) is 0 Å². The summed E-state index contributed by atoms with van der Waals surface area (Å²) in [4.78, 5) is 13.6. The fourth-order valence-electron chi connectivity index (χ4n) is 4.95. The van der Waals surface area contributed by atoms with Crippen molar-refractivity contribution in [2.75, 3.05) is 0 Å². The largest absolute Gasteiger partial charge is 0.417 e. The topological polar surface area (TPSA) is 62.8 Å². The van der Waals surface area contributed by atoms with Crippen molar-refractivity contribution in [1.29, 1.82) is 5.41 Å². The van der Waals surface area contributed by atoms with Gasteiger partial charge in [0.25, 0.3) is 5.91 Å². The quantitative estimate of drug-likeness (QED) is 0.240. The van der Waals surface area contributed by atoms with E-state index in [-0.39, 0.29) is 29.7 Å². The van der Waals surface area contributed by atoms with Crippen LogP contribution in [0.15, 0.2) is 60.9 Å². The van der Waals surface area contributed by atoms with Crippen LogP contribution in [0.3, 0.4) is 0 Å². The van der Waals surface area contributed by atoms with Crippen LogP contribution >= 0.6 is 0 Å². The van der Waals surface area contributed by atoms with Crippen LogP contribution < -0.4 is 10.9 Å². The van der Waals surface area contributed by atoms with Crippen LogP contribution in [0.4, 0.5) is 26.3 Å². The Bertz CT molecular complexity index is 1700. The molecule has 2 N–H and O–H groups in total. The van der Waals surface area contributed by atoms with Gasteiger partial charge in [0, 0.05) is 25.0 Å². The third-order valence-electron chi connectivity index (χ3n) is 7.30. The SMILES string of the molecule is Cc1cc(C(NC(=O)c2cc(Cn3ccn(C)c3=N)cc(-c3ccc(F)cc3C(F)(F)F)c2F)C2CC2)ccc1F. The van der Waals surface area contributed by atoms with Crippen LogP contribution in [0.5, 0.6) is 0 Å². The number of alkyl halides is 3. The molecule has 1 aliphatic carbocycles. The second kappa shape index (κ2) is 10.6. The van der Waals surface area contributed by atoms with E-state index in [1.165, 1.54) is 27.3 Å². The van der Waals surface area contributed by atoms with Crippen LogP contribution in [0.25, 0.3) is 11.1 Å². The first-order chi connectivity index (χ1) is 19.3. The average molecular weight is 573 g/mol. The number of rotatable bonds is 7. The molecule has 1 aromatic heterocycles. The van der Waals surface area contributed by atoms with Gasteiger partial charge >= 0.3 is 6.18 Å². The summed E-state index contributed by atoms with van der Waals surface area (Å²) in [6.07, 6.45) is -0.243. The number of hydrogen-bond acceptors (Lipinski definition) is 2. The van der Waals surface area contributed by atoms with E-state index >= 15 is 4.39 Å². The number of carbonyl (C=O) groups excluding carboxylic acids is 1. The van der Waals surface area contributed by atoms with Gasteiger partial charge in [-0.25, -0.2) is 13.2 Å². The second-order valence-corrected chi connectivity index (χ2v) is 10.4. The summed E-state index contributed by atoms with van der Waals surface area (Å²) in [5, 5.41) is 11.0. The summed E-state index contributed by atoms with van der Waals surface area (Å²) >= 11 is 0. The van der Waals surface area contributed by atoms with E-state index in [4.69, 9.17) is 5.41 Å². The molecule has 1 unspecified atom stereocenters. The number of amides is 1. The van der Waals surface area contributed by atoms with Crippen LogP contribution in [0.1, 0.15) is 51.5 Å². The minimum Gasteiger partial charge on any atom is -0.345 e. The number of carbonyl (C=O) groups is 1. The molecule has 1 aliphatic rings. The summed E-state index contributed by atoms with van der Waals surface area (Å²) in [7, 11) is 1.64. The van der Waals surface area contributed by atoms with Gasteiger partial charge in [-0.05, 0) is 78.3 Å². The van der Waals surface area contributed by atoms with Gasteiger partial charge in [-0.1, -0.05) is 18.2 Å². The van der Waals surface area contributed by atoms with Crippen molar-refractivity contribution in [3.8, 4) is 11.1 Å². The molecule has 1 atom stereocenters. The van der Waals surface area contributed by atoms with Gasteiger partial charge < -0.3 is 14.5 Å². The lowest BCUT2D eigenvalue weighted by molar-refractivity contribution is -0.137. The van der Waals surface area contributed by atoms with E-state index in [1.54, 1.807) is 38.5 Å². The van der Waals surface area contributed by atoms with Gasteiger partial charge in [-0.3, -0.25) is 10.2 Å². The van der Waals surface area contributed by atoms with Crippen molar-refractivity contribution < 1.29 is 31.1 Å². The zero-order chi connectivity index (χ0) is 29.6. The maximum Gasteiger partial charge on any atom is 0.417 e. The Labute approximate surface area is 231 Å². The summed E-state index contributed by atoms with van der Waals surface area (Å²) in [5.74, 6) is -3.57. The molecule has 1 saturated carbocycles. The zero-order valence-corrected chi connectivity index (χ0v) is 22.1. The minimum atomic E-state index is -5.00.